The Morgan fingerprint density at radius 2 is 1.92 bits per heavy atom. The maximum absolute atomic E-state index is 12.0. The van der Waals surface area contributed by atoms with Gasteiger partial charge in [-0.05, 0) is 36.8 Å². The number of amides is 1. The van der Waals surface area contributed by atoms with Crippen LogP contribution in [0, 0.1) is 5.82 Å². The number of cyclic esters (lactones) is 1. The molecule has 0 N–H and O–H groups in total. The van der Waals surface area contributed by atoms with E-state index in [1.807, 2.05) is 31.2 Å². The summed E-state index contributed by atoms with van der Waals surface area (Å²) in [7, 11) is 0. The zero-order valence-electron chi connectivity index (χ0n) is 14.8. The van der Waals surface area contributed by atoms with Gasteiger partial charge in [-0.25, -0.2) is 9.18 Å². The van der Waals surface area contributed by atoms with E-state index in [4.69, 9.17) is 4.74 Å². The normalized spacial score (nSPS) is 17.6. The van der Waals surface area contributed by atoms with E-state index in [2.05, 4.69) is 22.5 Å². The summed E-state index contributed by atoms with van der Waals surface area (Å²) < 4.78 is 18.4. The van der Waals surface area contributed by atoms with Crippen molar-refractivity contribution in [2.24, 2.45) is 0 Å². The van der Waals surface area contributed by atoms with Gasteiger partial charge in [-0.15, -0.1) is 6.58 Å². The maximum atomic E-state index is 12.0. The van der Waals surface area contributed by atoms with Crippen molar-refractivity contribution in [1.82, 2.24) is 4.90 Å². The van der Waals surface area contributed by atoms with Crippen LogP contribution in [0.2, 0.25) is 0 Å². The standard InChI is InChI=1S/C15H18BrNO2.C6H5F/c1-3-4-14-9-10-17(15(18)19-14)11(2)12-5-7-13(16)8-6-12;7-6-4-2-1-3-5-6/h3,5-8,11,14H,1,4,9-10H2,2H3;1-5H. The Bertz CT molecular complexity index is 706. The second-order valence-corrected chi connectivity index (χ2v) is 6.95. The van der Waals surface area contributed by atoms with Crippen LogP contribution in [0.4, 0.5) is 9.18 Å². The Morgan fingerprint density at radius 1 is 1.27 bits per heavy atom. The van der Waals surface area contributed by atoms with Gasteiger partial charge in [0.05, 0.1) is 6.04 Å². The molecule has 0 bridgehead atoms. The van der Waals surface area contributed by atoms with Crippen molar-refractivity contribution in [3.05, 3.63) is 83.1 Å². The van der Waals surface area contributed by atoms with Crippen LogP contribution in [0.15, 0.2) is 71.7 Å². The highest BCUT2D eigenvalue weighted by atomic mass is 79.9. The van der Waals surface area contributed by atoms with Gasteiger partial charge in [-0.3, -0.25) is 0 Å². The van der Waals surface area contributed by atoms with Crippen LogP contribution in [0.1, 0.15) is 31.4 Å². The second kappa shape index (κ2) is 10.1. The number of hydrogen-bond acceptors (Lipinski definition) is 2. The Kier molecular flexibility index (Phi) is 7.85. The van der Waals surface area contributed by atoms with Gasteiger partial charge in [0.2, 0.25) is 0 Å². The molecule has 3 nitrogen and oxygen atoms in total. The average molecular weight is 420 g/mol. The first-order valence-electron chi connectivity index (χ1n) is 8.55. The summed E-state index contributed by atoms with van der Waals surface area (Å²) in [5.74, 6) is -0.178. The van der Waals surface area contributed by atoms with Gasteiger partial charge in [0, 0.05) is 23.9 Å². The fourth-order valence-electron chi connectivity index (χ4n) is 2.68. The topological polar surface area (TPSA) is 29.5 Å². The van der Waals surface area contributed by atoms with Gasteiger partial charge in [0.1, 0.15) is 11.9 Å². The zero-order chi connectivity index (χ0) is 18.9. The molecule has 26 heavy (non-hydrogen) atoms. The fraction of sp³-hybridized carbons (Fsp3) is 0.286. The minimum absolute atomic E-state index is 0.0154. The predicted octanol–water partition coefficient (Wildman–Crippen LogP) is 6.12. The first-order chi connectivity index (χ1) is 12.5. The highest BCUT2D eigenvalue weighted by Crippen LogP contribution is 2.26. The summed E-state index contributed by atoms with van der Waals surface area (Å²) in [6.07, 6.45) is 3.14. The number of carbonyl (C=O) groups excluding carboxylic acids is 1. The van der Waals surface area contributed by atoms with Crippen LogP contribution in [-0.4, -0.2) is 23.6 Å². The molecule has 3 rings (SSSR count). The molecular formula is C21H23BrFNO2. The SMILES string of the molecule is C=CCC1CCN(C(C)c2ccc(Br)cc2)C(=O)O1.Fc1ccccc1. The molecule has 2 aromatic rings. The van der Waals surface area contributed by atoms with Crippen molar-refractivity contribution in [3.63, 3.8) is 0 Å². The smallest absolute Gasteiger partial charge is 0.410 e. The van der Waals surface area contributed by atoms with Crippen LogP contribution in [0.25, 0.3) is 0 Å². The van der Waals surface area contributed by atoms with E-state index in [1.54, 1.807) is 29.2 Å². The lowest BCUT2D eigenvalue weighted by molar-refractivity contribution is 0.0146. The van der Waals surface area contributed by atoms with Gasteiger partial charge < -0.3 is 9.64 Å². The van der Waals surface area contributed by atoms with Crippen molar-refractivity contribution < 1.29 is 13.9 Å². The third-order valence-electron chi connectivity index (χ3n) is 4.18. The molecule has 0 aromatic heterocycles. The lowest BCUT2D eigenvalue weighted by Gasteiger charge is -2.35. The van der Waals surface area contributed by atoms with E-state index in [0.717, 1.165) is 29.4 Å². The van der Waals surface area contributed by atoms with Gasteiger partial charge in [0.25, 0.3) is 0 Å². The van der Waals surface area contributed by atoms with E-state index < -0.39 is 0 Å². The maximum Gasteiger partial charge on any atom is 0.410 e. The Labute approximate surface area is 162 Å². The van der Waals surface area contributed by atoms with E-state index in [9.17, 15) is 9.18 Å². The first kappa shape index (κ1) is 20.2. The number of halogens is 2. The van der Waals surface area contributed by atoms with Gasteiger partial charge in [0.15, 0.2) is 0 Å². The van der Waals surface area contributed by atoms with E-state index in [0.29, 0.717) is 0 Å². The van der Waals surface area contributed by atoms with Gasteiger partial charge in [-0.1, -0.05) is 52.3 Å². The number of nitrogens with zero attached hydrogens (tertiary/aromatic N) is 1. The molecule has 0 saturated carbocycles. The van der Waals surface area contributed by atoms with Crippen LogP contribution in [0.3, 0.4) is 0 Å². The molecule has 2 unspecified atom stereocenters. The number of benzene rings is 2. The van der Waals surface area contributed by atoms with Crippen molar-refractivity contribution in [2.75, 3.05) is 6.54 Å². The number of hydrogen-bond donors (Lipinski definition) is 0. The third-order valence-corrected chi connectivity index (χ3v) is 4.71. The fourth-order valence-corrected chi connectivity index (χ4v) is 2.95. The zero-order valence-corrected chi connectivity index (χ0v) is 16.4. The van der Waals surface area contributed by atoms with Crippen LogP contribution in [-0.2, 0) is 4.74 Å². The summed E-state index contributed by atoms with van der Waals surface area (Å²) in [6, 6.07) is 16.0. The summed E-state index contributed by atoms with van der Waals surface area (Å²) in [5, 5.41) is 0. The molecule has 1 amide bonds. The molecule has 138 valence electrons. The molecule has 1 saturated heterocycles. The van der Waals surface area contributed by atoms with Crippen LogP contribution in [0.5, 0.6) is 0 Å². The Hall–Kier alpha value is -2.14. The van der Waals surface area contributed by atoms with E-state index in [1.165, 1.54) is 12.1 Å². The second-order valence-electron chi connectivity index (χ2n) is 6.04. The number of carbonyl (C=O) groups is 1. The molecule has 2 aromatic carbocycles. The van der Waals surface area contributed by atoms with Crippen LogP contribution < -0.4 is 0 Å². The van der Waals surface area contributed by atoms with Crippen LogP contribution >= 0.6 is 15.9 Å². The predicted molar refractivity (Wildman–Crippen MR) is 105 cm³/mol. The Balaban J connectivity index is 0.000000290. The first-order valence-corrected chi connectivity index (χ1v) is 9.34. The molecular weight excluding hydrogens is 397 g/mol. The lowest BCUT2D eigenvalue weighted by atomic mass is 10.1. The molecule has 1 fully saturated rings. The van der Waals surface area contributed by atoms with Gasteiger partial charge >= 0.3 is 6.09 Å². The molecule has 0 radical (unpaired) electrons. The van der Waals surface area contributed by atoms with E-state index >= 15 is 0 Å². The van der Waals surface area contributed by atoms with E-state index in [-0.39, 0.29) is 24.1 Å². The summed E-state index contributed by atoms with van der Waals surface area (Å²) in [5.41, 5.74) is 1.11. The van der Waals surface area contributed by atoms with Crippen molar-refractivity contribution in [1.29, 1.82) is 0 Å². The molecule has 5 heteroatoms. The quantitative estimate of drug-likeness (QED) is 0.558. The molecule has 0 aliphatic carbocycles. The molecule has 1 heterocycles. The largest absolute Gasteiger partial charge is 0.446 e. The monoisotopic (exact) mass is 419 g/mol. The Morgan fingerprint density at radius 3 is 2.42 bits per heavy atom. The average Bonchev–Trinajstić information content (AvgIpc) is 2.63. The summed E-state index contributed by atoms with van der Waals surface area (Å²) in [4.78, 5) is 13.8. The molecule has 1 aliphatic heterocycles. The van der Waals surface area contributed by atoms with Crippen molar-refractivity contribution in [3.8, 4) is 0 Å². The molecule has 0 spiro atoms. The van der Waals surface area contributed by atoms with Gasteiger partial charge in [-0.2, -0.15) is 0 Å². The molecule has 2 atom stereocenters. The molecule has 1 aliphatic rings. The number of rotatable bonds is 4. The highest BCUT2D eigenvalue weighted by Gasteiger charge is 2.30. The summed E-state index contributed by atoms with van der Waals surface area (Å²) in [6.45, 7) is 6.44. The minimum atomic E-state index is -0.228. The summed E-state index contributed by atoms with van der Waals surface area (Å²) >= 11 is 3.41. The third kappa shape index (κ3) is 5.99. The lowest BCUT2D eigenvalue weighted by Crippen LogP contribution is -2.43. The van der Waals surface area contributed by atoms with Crippen molar-refractivity contribution >= 4 is 22.0 Å². The number of ether oxygens (including phenoxy) is 1. The minimum Gasteiger partial charge on any atom is -0.446 e. The van der Waals surface area contributed by atoms with Crippen molar-refractivity contribution in [2.45, 2.75) is 31.9 Å². The highest BCUT2D eigenvalue weighted by molar-refractivity contribution is 9.10.